The number of hydrogen-bond donors (Lipinski definition) is 2. The number of carbonyl (C=O) groups excluding carboxylic acids is 1. The molecule has 1 aromatic carbocycles. The number of primary amides is 1. The second kappa shape index (κ2) is 6.49. The van der Waals surface area contributed by atoms with Gasteiger partial charge < -0.3 is 5.73 Å². The van der Waals surface area contributed by atoms with Crippen molar-refractivity contribution in [1.82, 2.24) is 10.2 Å². The normalized spacial score (nSPS) is 18.0. The number of amides is 1. The Morgan fingerprint density at radius 2 is 2.05 bits per heavy atom. The van der Waals surface area contributed by atoms with Gasteiger partial charge in [-0.25, -0.2) is 8.78 Å². The molecule has 0 aliphatic heterocycles. The summed E-state index contributed by atoms with van der Waals surface area (Å²) in [6.45, 7) is -0.276. The van der Waals surface area contributed by atoms with E-state index in [4.69, 9.17) is 5.73 Å². The van der Waals surface area contributed by atoms with Crippen molar-refractivity contribution in [2.24, 2.45) is 5.73 Å². The zero-order chi connectivity index (χ0) is 15.5. The van der Waals surface area contributed by atoms with E-state index in [1.807, 2.05) is 18.2 Å². The van der Waals surface area contributed by atoms with E-state index in [0.29, 0.717) is 5.56 Å². The molecule has 1 fully saturated rings. The molecule has 0 radical (unpaired) electrons. The van der Waals surface area contributed by atoms with Gasteiger partial charge >= 0.3 is 0 Å². The number of carbonyl (C=O) groups is 1. The molecule has 3 N–H and O–H groups in total. The molecule has 2 rings (SSSR count). The summed E-state index contributed by atoms with van der Waals surface area (Å²) in [6.07, 6.45) is -0.502. The molecule has 1 aliphatic carbocycles. The van der Waals surface area contributed by atoms with Crippen LogP contribution in [0.5, 0.6) is 0 Å². The second-order valence-electron chi connectivity index (χ2n) is 5.64. The summed E-state index contributed by atoms with van der Waals surface area (Å²) in [5.41, 5.74) is 5.22. The van der Waals surface area contributed by atoms with Gasteiger partial charge in [0.1, 0.15) is 5.54 Å². The Kier molecular flexibility index (Phi) is 4.90. The third-order valence-electron chi connectivity index (χ3n) is 3.67. The zero-order valence-electron chi connectivity index (χ0n) is 12.1. The number of likely N-dealkylation sites (N-methyl/N-ethyl adjacent to an activating group) is 1. The maximum Gasteiger partial charge on any atom is 0.251 e. The van der Waals surface area contributed by atoms with E-state index in [1.54, 1.807) is 19.2 Å². The SMILES string of the molecule is CN(CC(F)F)CC(NC1CC1)(C(N)=O)c1ccccc1. The van der Waals surface area contributed by atoms with Crippen molar-refractivity contribution < 1.29 is 13.6 Å². The molecule has 21 heavy (non-hydrogen) atoms. The summed E-state index contributed by atoms with van der Waals surface area (Å²) in [5, 5.41) is 3.26. The summed E-state index contributed by atoms with van der Waals surface area (Å²) >= 11 is 0. The largest absolute Gasteiger partial charge is 0.368 e. The van der Waals surface area contributed by atoms with E-state index in [2.05, 4.69) is 5.32 Å². The Morgan fingerprint density at radius 1 is 1.43 bits per heavy atom. The fourth-order valence-electron chi connectivity index (χ4n) is 2.52. The second-order valence-corrected chi connectivity index (χ2v) is 5.64. The highest BCUT2D eigenvalue weighted by Gasteiger charge is 2.43. The predicted molar refractivity (Wildman–Crippen MR) is 77.0 cm³/mol. The zero-order valence-corrected chi connectivity index (χ0v) is 12.1. The molecule has 1 unspecified atom stereocenters. The van der Waals surface area contributed by atoms with Crippen molar-refractivity contribution >= 4 is 5.91 Å². The molecule has 0 spiro atoms. The summed E-state index contributed by atoms with van der Waals surface area (Å²) < 4.78 is 25.1. The summed E-state index contributed by atoms with van der Waals surface area (Å²) in [4.78, 5) is 13.6. The standard InChI is InChI=1S/C15H21F2N3O/c1-20(9-13(16)17)10-15(14(18)21,19-12-7-8-12)11-5-3-2-4-6-11/h2-6,12-13,19H,7-10H2,1H3,(H2,18,21). The van der Waals surface area contributed by atoms with Gasteiger partial charge in [0.25, 0.3) is 6.43 Å². The average molecular weight is 297 g/mol. The Morgan fingerprint density at radius 3 is 2.52 bits per heavy atom. The first kappa shape index (κ1) is 15.9. The van der Waals surface area contributed by atoms with Gasteiger partial charge in [-0.15, -0.1) is 0 Å². The number of nitrogens with zero attached hydrogens (tertiary/aromatic N) is 1. The van der Waals surface area contributed by atoms with Crippen LogP contribution in [0.15, 0.2) is 30.3 Å². The lowest BCUT2D eigenvalue weighted by Crippen LogP contribution is -2.59. The lowest BCUT2D eigenvalue weighted by molar-refractivity contribution is -0.126. The fourth-order valence-corrected chi connectivity index (χ4v) is 2.52. The number of rotatable bonds is 8. The first-order chi connectivity index (χ1) is 9.94. The quantitative estimate of drug-likeness (QED) is 0.761. The first-order valence-electron chi connectivity index (χ1n) is 7.04. The van der Waals surface area contributed by atoms with Gasteiger partial charge in [-0.2, -0.15) is 0 Å². The maximum atomic E-state index is 12.6. The van der Waals surface area contributed by atoms with Crippen LogP contribution in [-0.4, -0.2) is 43.4 Å². The molecule has 4 nitrogen and oxygen atoms in total. The maximum absolute atomic E-state index is 12.6. The highest BCUT2D eigenvalue weighted by atomic mass is 19.3. The Hall–Kier alpha value is -1.53. The first-order valence-corrected chi connectivity index (χ1v) is 7.04. The molecule has 0 heterocycles. The van der Waals surface area contributed by atoms with Crippen LogP contribution < -0.4 is 11.1 Å². The summed E-state index contributed by atoms with van der Waals surface area (Å²) in [7, 11) is 1.57. The van der Waals surface area contributed by atoms with Crippen molar-refractivity contribution in [2.75, 3.05) is 20.1 Å². The Balaban J connectivity index is 2.29. The molecule has 1 aliphatic rings. The predicted octanol–water partition coefficient (Wildman–Crippen LogP) is 1.32. The van der Waals surface area contributed by atoms with E-state index < -0.39 is 24.4 Å². The van der Waals surface area contributed by atoms with Crippen LogP contribution in [0, 0.1) is 0 Å². The van der Waals surface area contributed by atoms with Gasteiger partial charge in [0.2, 0.25) is 5.91 Å². The van der Waals surface area contributed by atoms with Crippen LogP contribution in [0.1, 0.15) is 18.4 Å². The van der Waals surface area contributed by atoms with E-state index in [0.717, 1.165) is 12.8 Å². The molecule has 1 atom stereocenters. The lowest BCUT2D eigenvalue weighted by atomic mass is 9.88. The molecule has 1 saturated carbocycles. The number of alkyl halides is 2. The van der Waals surface area contributed by atoms with Crippen molar-refractivity contribution in [3.8, 4) is 0 Å². The van der Waals surface area contributed by atoms with Crippen LogP contribution >= 0.6 is 0 Å². The third kappa shape index (κ3) is 3.98. The van der Waals surface area contributed by atoms with E-state index in [-0.39, 0.29) is 12.6 Å². The molecule has 6 heteroatoms. The minimum absolute atomic E-state index is 0.118. The van der Waals surface area contributed by atoms with Gasteiger partial charge in [-0.05, 0) is 25.5 Å². The molecule has 1 aromatic rings. The van der Waals surface area contributed by atoms with Crippen LogP contribution in [0.2, 0.25) is 0 Å². The number of benzene rings is 1. The average Bonchev–Trinajstić information content (AvgIpc) is 3.21. The number of halogens is 2. The molecule has 0 aromatic heterocycles. The van der Waals surface area contributed by atoms with Crippen LogP contribution in [0.25, 0.3) is 0 Å². The van der Waals surface area contributed by atoms with E-state index in [9.17, 15) is 13.6 Å². The topological polar surface area (TPSA) is 58.4 Å². The monoisotopic (exact) mass is 297 g/mol. The van der Waals surface area contributed by atoms with E-state index >= 15 is 0 Å². The van der Waals surface area contributed by atoms with Crippen LogP contribution in [0.3, 0.4) is 0 Å². The molecule has 0 saturated heterocycles. The molecule has 0 bridgehead atoms. The van der Waals surface area contributed by atoms with Gasteiger partial charge in [-0.3, -0.25) is 15.0 Å². The fraction of sp³-hybridized carbons (Fsp3) is 0.533. The van der Waals surface area contributed by atoms with Gasteiger partial charge in [0.05, 0.1) is 6.54 Å². The third-order valence-corrected chi connectivity index (χ3v) is 3.67. The number of nitrogens with two attached hydrogens (primary N) is 1. The van der Waals surface area contributed by atoms with Crippen LogP contribution in [-0.2, 0) is 10.3 Å². The highest BCUT2D eigenvalue weighted by Crippen LogP contribution is 2.29. The molecule has 1 amide bonds. The molecular formula is C15H21F2N3O. The summed E-state index contributed by atoms with van der Waals surface area (Å²) in [6, 6.07) is 9.29. The minimum Gasteiger partial charge on any atom is -0.368 e. The Labute approximate surface area is 123 Å². The highest BCUT2D eigenvalue weighted by molar-refractivity contribution is 5.86. The van der Waals surface area contributed by atoms with Crippen molar-refractivity contribution in [3.05, 3.63) is 35.9 Å². The van der Waals surface area contributed by atoms with Gasteiger partial charge in [0, 0.05) is 12.6 Å². The number of hydrogen-bond acceptors (Lipinski definition) is 3. The van der Waals surface area contributed by atoms with Crippen molar-refractivity contribution in [1.29, 1.82) is 0 Å². The smallest absolute Gasteiger partial charge is 0.251 e. The van der Waals surface area contributed by atoms with Gasteiger partial charge in [-0.1, -0.05) is 30.3 Å². The van der Waals surface area contributed by atoms with Crippen molar-refractivity contribution in [2.45, 2.75) is 30.8 Å². The minimum atomic E-state index is -2.45. The van der Waals surface area contributed by atoms with Crippen LogP contribution in [0.4, 0.5) is 8.78 Å². The van der Waals surface area contributed by atoms with Crippen molar-refractivity contribution in [3.63, 3.8) is 0 Å². The summed E-state index contributed by atoms with van der Waals surface area (Å²) in [5.74, 6) is -0.540. The Bertz CT molecular complexity index is 479. The van der Waals surface area contributed by atoms with E-state index in [1.165, 1.54) is 4.90 Å². The van der Waals surface area contributed by atoms with Gasteiger partial charge in [0.15, 0.2) is 0 Å². The molecular weight excluding hydrogens is 276 g/mol. The number of nitrogens with one attached hydrogen (secondary N) is 1. The molecule has 116 valence electrons. The lowest BCUT2D eigenvalue weighted by Gasteiger charge is -2.36.